The van der Waals surface area contributed by atoms with Gasteiger partial charge in [0, 0.05) is 19.1 Å². The molecule has 0 aliphatic heterocycles. The Kier molecular flexibility index (Phi) is 7.92. The largest absolute Gasteiger partial charge is 0.492 e. The highest BCUT2D eigenvalue weighted by Crippen LogP contribution is 2.29. The molecule has 0 unspecified atom stereocenters. The number of anilines is 1. The van der Waals surface area contributed by atoms with Gasteiger partial charge in [-0.25, -0.2) is 8.42 Å². The van der Waals surface area contributed by atoms with Crippen molar-refractivity contribution in [3.8, 4) is 5.75 Å². The van der Waals surface area contributed by atoms with Gasteiger partial charge >= 0.3 is 0 Å². The lowest BCUT2D eigenvalue weighted by Crippen LogP contribution is -2.34. The summed E-state index contributed by atoms with van der Waals surface area (Å²) in [6, 6.07) is 4.94. The molecule has 6 nitrogen and oxygen atoms in total. The summed E-state index contributed by atoms with van der Waals surface area (Å²) in [5.41, 5.74) is 0.531. The number of rotatable bonds is 8. The van der Waals surface area contributed by atoms with Gasteiger partial charge in [0.05, 0.1) is 17.2 Å². The molecule has 0 aliphatic carbocycles. The Morgan fingerprint density at radius 3 is 2.38 bits per heavy atom. The summed E-state index contributed by atoms with van der Waals surface area (Å²) in [5, 5.41) is 6.52. The molecule has 2 N–H and O–H groups in total. The highest BCUT2D eigenvalue weighted by molar-refractivity contribution is 7.89. The summed E-state index contributed by atoms with van der Waals surface area (Å²) in [6.45, 7) is 10.8. The van der Waals surface area contributed by atoms with E-state index in [0.29, 0.717) is 36.2 Å². The number of hydrogen-bond donors (Lipinski definition) is 2. The topological polar surface area (TPSA) is 70.7 Å². The van der Waals surface area contributed by atoms with Crippen LogP contribution in [0.2, 0.25) is 0 Å². The molecule has 0 spiro atoms. The Hall–Kier alpha value is -1.38. The summed E-state index contributed by atoms with van der Waals surface area (Å²) in [4.78, 5) is 0.213. The lowest BCUT2D eigenvalue weighted by molar-refractivity contribution is 0.341. The zero-order valence-electron chi connectivity index (χ0n) is 14.9. The van der Waals surface area contributed by atoms with Gasteiger partial charge in [-0.3, -0.25) is 0 Å². The van der Waals surface area contributed by atoms with Crippen LogP contribution in [0.15, 0.2) is 23.1 Å². The Bertz CT molecular complexity index is 657. The van der Waals surface area contributed by atoms with Crippen molar-refractivity contribution >= 4 is 33.0 Å². The SMILES string of the molecule is CCOc1ccc(S(=O)(=O)N(CC)CC)cc1NC(=S)NC(C)C. The van der Waals surface area contributed by atoms with Crippen molar-refractivity contribution in [2.75, 3.05) is 25.0 Å². The third-order valence-electron chi connectivity index (χ3n) is 3.26. The van der Waals surface area contributed by atoms with E-state index in [4.69, 9.17) is 17.0 Å². The average molecular weight is 374 g/mol. The van der Waals surface area contributed by atoms with Crippen molar-refractivity contribution in [1.82, 2.24) is 9.62 Å². The van der Waals surface area contributed by atoms with Crippen molar-refractivity contribution in [3.63, 3.8) is 0 Å². The van der Waals surface area contributed by atoms with Crippen LogP contribution in [0.1, 0.15) is 34.6 Å². The highest BCUT2D eigenvalue weighted by Gasteiger charge is 2.23. The average Bonchev–Trinajstić information content (AvgIpc) is 2.49. The van der Waals surface area contributed by atoms with E-state index < -0.39 is 10.0 Å². The maximum Gasteiger partial charge on any atom is 0.243 e. The lowest BCUT2D eigenvalue weighted by Gasteiger charge is -2.20. The molecule has 1 rings (SSSR count). The minimum Gasteiger partial charge on any atom is -0.492 e. The van der Waals surface area contributed by atoms with E-state index in [1.807, 2.05) is 34.6 Å². The van der Waals surface area contributed by atoms with Gasteiger partial charge in [-0.1, -0.05) is 13.8 Å². The van der Waals surface area contributed by atoms with Gasteiger partial charge < -0.3 is 15.4 Å². The molecule has 0 amide bonds. The van der Waals surface area contributed by atoms with Crippen molar-refractivity contribution < 1.29 is 13.2 Å². The quantitative estimate of drug-likeness (QED) is 0.683. The highest BCUT2D eigenvalue weighted by atomic mass is 32.2. The standard InChI is InChI=1S/C16H27N3O3S2/c1-6-19(7-2)24(20,21)13-9-10-15(22-8-3)14(11-13)18-16(23)17-12(4)5/h9-12H,6-8H2,1-5H3,(H2,17,18,23). The number of thiocarbonyl (C=S) groups is 1. The van der Waals surface area contributed by atoms with Gasteiger partial charge in [-0.2, -0.15) is 4.31 Å². The first-order valence-electron chi connectivity index (χ1n) is 8.10. The van der Waals surface area contributed by atoms with Gasteiger partial charge in [-0.05, 0) is 51.2 Å². The summed E-state index contributed by atoms with van der Waals surface area (Å²) in [7, 11) is -3.54. The molecular formula is C16H27N3O3S2. The third-order valence-corrected chi connectivity index (χ3v) is 5.53. The Balaban J connectivity index is 3.23. The fourth-order valence-corrected chi connectivity index (χ4v) is 4.01. The zero-order valence-corrected chi connectivity index (χ0v) is 16.6. The second-order valence-electron chi connectivity index (χ2n) is 5.43. The molecule has 0 saturated heterocycles. The molecule has 0 bridgehead atoms. The van der Waals surface area contributed by atoms with Crippen LogP contribution in [0.5, 0.6) is 5.75 Å². The Morgan fingerprint density at radius 2 is 1.88 bits per heavy atom. The second-order valence-corrected chi connectivity index (χ2v) is 7.78. The van der Waals surface area contributed by atoms with Crippen molar-refractivity contribution in [1.29, 1.82) is 0 Å². The first kappa shape index (κ1) is 20.7. The van der Waals surface area contributed by atoms with Gasteiger partial charge in [0.2, 0.25) is 10.0 Å². The van der Waals surface area contributed by atoms with Crippen molar-refractivity contribution in [2.45, 2.75) is 45.6 Å². The minimum absolute atomic E-state index is 0.170. The second kappa shape index (κ2) is 9.19. The molecule has 1 aromatic carbocycles. The van der Waals surface area contributed by atoms with Crippen LogP contribution in [0.3, 0.4) is 0 Å². The van der Waals surface area contributed by atoms with E-state index in [2.05, 4.69) is 10.6 Å². The van der Waals surface area contributed by atoms with E-state index in [1.165, 1.54) is 4.31 Å². The molecule has 0 radical (unpaired) electrons. The smallest absolute Gasteiger partial charge is 0.243 e. The normalized spacial score (nSPS) is 11.6. The molecule has 0 heterocycles. The fourth-order valence-electron chi connectivity index (χ4n) is 2.18. The van der Waals surface area contributed by atoms with E-state index in [1.54, 1.807) is 18.2 Å². The maximum absolute atomic E-state index is 12.7. The van der Waals surface area contributed by atoms with Gasteiger partial charge in [0.25, 0.3) is 0 Å². The summed E-state index contributed by atoms with van der Waals surface area (Å²) in [6.07, 6.45) is 0. The molecule has 0 atom stereocenters. The predicted molar refractivity (Wildman–Crippen MR) is 102 cm³/mol. The molecular weight excluding hydrogens is 346 g/mol. The first-order valence-corrected chi connectivity index (χ1v) is 9.95. The van der Waals surface area contributed by atoms with E-state index in [-0.39, 0.29) is 10.9 Å². The van der Waals surface area contributed by atoms with Gasteiger partial charge in [0.15, 0.2) is 5.11 Å². The number of sulfonamides is 1. The van der Waals surface area contributed by atoms with Crippen LogP contribution in [0, 0.1) is 0 Å². The van der Waals surface area contributed by atoms with E-state index >= 15 is 0 Å². The van der Waals surface area contributed by atoms with E-state index in [9.17, 15) is 8.42 Å². The molecule has 0 aromatic heterocycles. The van der Waals surface area contributed by atoms with Crippen LogP contribution in [-0.4, -0.2) is 43.6 Å². The molecule has 1 aromatic rings. The Morgan fingerprint density at radius 1 is 1.25 bits per heavy atom. The summed E-state index contributed by atoms with van der Waals surface area (Å²) in [5.74, 6) is 0.559. The van der Waals surface area contributed by atoms with Crippen LogP contribution in [-0.2, 0) is 10.0 Å². The van der Waals surface area contributed by atoms with Crippen molar-refractivity contribution in [3.05, 3.63) is 18.2 Å². The molecule has 0 aliphatic rings. The summed E-state index contributed by atoms with van der Waals surface area (Å²) >= 11 is 5.25. The van der Waals surface area contributed by atoms with Gasteiger partial charge in [-0.15, -0.1) is 0 Å². The van der Waals surface area contributed by atoms with Crippen LogP contribution in [0.4, 0.5) is 5.69 Å². The number of ether oxygens (including phenoxy) is 1. The first-order chi connectivity index (χ1) is 11.3. The zero-order chi connectivity index (χ0) is 18.3. The number of nitrogens with one attached hydrogen (secondary N) is 2. The van der Waals surface area contributed by atoms with Crippen LogP contribution < -0.4 is 15.4 Å². The molecule has 0 saturated carbocycles. The molecule has 136 valence electrons. The number of benzene rings is 1. The fraction of sp³-hybridized carbons (Fsp3) is 0.562. The van der Waals surface area contributed by atoms with Crippen LogP contribution in [0.25, 0.3) is 0 Å². The predicted octanol–water partition coefficient (Wildman–Crippen LogP) is 2.81. The molecule has 0 fully saturated rings. The molecule has 24 heavy (non-hydrogen) atoms. The Labute approximate surface area is 150 Å². The minimum atomic E-state index is -3.54. The maximum atomic E-state index is 12.7. The number of nitrogens with zero attached hydrogens (tertiary/aromatic N) is 1. The summed E-state index contributed by atoms with van der Waals surface area (Å²) < 4.78 is 32.4. The van der Waals surface area contributed by atoms with Crippen molar-refractivity contribution in [2.24, 2.45) is 0 Å². The monoisotopic (exact) mass is 373 g/mol. The number of hydrogen-bond acceptors (Lipinski definition) is 4. The third kappa shape index (κ3) is 5.32. The van der Waals surface area contributed by atoms with E-state index in [0.717, 1.165) is 0 Å². The molecule has 8 heteroatoms. The van der Waals surface area contributed by atoms with Gasteiger partial charge in [0.1, 0.15) is 5.75 Å². The van der Waals surface area contributed by atoms with Crippen LogP contribution >= 0.6 is 12.2 Å². The lowest BCUT2D eigenvalue weighted by atomic mass is 10.3.